The van der Waals surface area contributed by atoms with Gasteiger partial charge in [-0.15, -0.1) is 0 Å². The predicted molar refractivity (Wildman–Crippen MR) is 129 cm³/mol. The van der Waals surface area contributed by atoms with Crippen molar-refractivity contribution in [3.63, 3.8) is 0 Å². The molecule has 0 unspecified atom stereocenters. The summed E-state index contributed by atoms with van der Waals surface area (Å²) in [4.78, 5) is 63.2. The fourth-order valence-corrected chi connectivity index (χ4v) is 4.30. The molecule has 1 aromatic rings. The van der Waals surface area contributed by atoms with Crippen molar-refractivity contribution in [1.29, 1.82) is 0 Å². The Bertz CT molecular complexity index is 1030. The number of likely N-dealkylation sites (N-methyl/N-ethyl adjacent to an activating group) is 1. The zero-order valence-corrected chi connectivity index (χ0v) is 21.5. The second-order valence-electron chi connectivity index (χ2n) is 8.92. The van der Waals surface area contributed by atoms with Gasteiger partial charge in [0.25, 0.3) is 5.56 Å². The number of H-pyrrole nitrogens is 1. The Kier molecular flexibility index (Phi) is 11.1. The van der Waals surface area contributed by atoms with Gasteiger partial charge in [-0.1, -0.05) is 13.8 Å². The zero-order chi connectivity index (χ0) is 27.0. The van der Waals surface area contributed by atoms with Crippen molar-refractivity contribution in [1.82, 2.24) is 19.8 Å². The number of aromatic amines is 1. The number of hydrogen-bond donors (Lipinski definition) is 3. The number of aliphatic hydroxyl groups excluding tert-OH is 1. The number of carbonyl (C=O) groups is 3. The standard InChI is InChI=1S/C22H33FN4O8S/c1-12(2)7-15(26(3)20(31)14(24-11-28)5-6-36-4)21(32)34-10-17-16(29)8-18(35-17)27-9-13(23)19(30)25-22(27)33/h9,11-12,14-18,29H,5-8,10H2,1-4H3,(H,24,28)(H,25,30,33)/t14-,15-,16-,17+,18+/m0/s1. The number of halogens is 1. The summed E-state index contributed by atoms with van der Waals surface area (Å²) < 4.78 is 25.4. The molecule has 1 fully saturated rings. The first-order valence-electron chi connectivity index (χ1n) is 11.5. The number of rotatable bonds is 13. The van der Waals surface area contributed by atoms with Gasteiger partial charge < -0.3 is 24.8 Å². The lowest BCUT2D eigenvalue weighted by molar-refractivity contribution is -0.160. The molecular formula is C22H33FN4O8S. The SMILES string of the molecule is CSCC[C@H](NC=O)C(=O)N(C)[C@@H](CC(C)C)C(=O)OC[C@H]1O[C@@H](n2cc(F)c(=O)[nH]c2=O)C[C@@H]1O. The maximum atomic E-state index is 13.6. The van der Waals surface area contributed by atoms with Crippen molar-refractivity contribution in [2.45, 2.75) is 63.6 Å². The van der Waals surface area contributed by atoms with Crippen LogP contribution in [0, 0.1) is 11.7 Å². The van der Waals surface area contributed by atoms with Crippen LogP contribution in [0.15, 0.2) is 15.8 Å². The molecule has 1 aliphatic heterocycles. The van der Waals surface area contributed by atoms with Crippen LogP contribution in [0.1, 0.15) is 39.3 Å². The van der Waals surface area contributed by atoms with Gasteiger partial charge in [-0.2, -0.15) is 16.2 Å². The van der Waals surface area contributed by atoms with E-state index in [-0.39, 0.29) is 18.9 Å². The van der Waals surface area contributed by atoms with E-state index in [1.165, 1.54) is 23.7 Å². The Morgan fingerprint density at radius 2 is 2.14 bits per heavy atom. The Morgan fingerprint density at radius 1 is 1.44 bits per heavy atom. The summed E-state index contributed by atoms with van der Waals surface area (Å²) in [6, 6.07) is -1.74. The van der Waals surface area contributed by atoms with Gasteiger partial charge in [0.15, 0.2) is 0 Å². The van der Waals surface area contributed by atoms with Crippen molar-refractivity contribution in [2.24, 2.45) is 5.92 Å². The largest absolute Gasteiger partial charge is 0.461 e. The van der Waals surface area contributed by atoms with Crippen molar-refractivity contribution in [3.8, 4) is 0 Å². The number of thioether (sulfide) groups is 1. The van der Waals surface area contributed by atoms with E-state index in [2.05, 4.69) is 5.32 Å². The average Bonchev–Trinajstić information content (AvgIpc) is 3.19. The minimum absolute atomic E-state index is 0.0289. The van der Waals surface area contributed by atoms with E-state index in [9.17, 15) is 33.5 Å². The van der Waals surface area contributed by atoms with Crippen LogP contribution >= 0.6 is 11.8 Å². The second kappa shape index (κ2) is 13.6. The van der Waals surface area contributed by atoms with Gasteiger partial charge in [-0.3, -0.25) is 23.9 Å². The van der Waals surface area contributed by atoms with Gasteiger partial charge in [0.1, 0.15) is 31.0 Å². The molecule has 2 heterocycles. The summed E-state index contributed by atoms with van der Waals surface area (Å²) in [6.45, 7) is 3.38. The van der Waals surface area contributed by atoms with Crippen LogP contribution < -0.4 is 16.6 Å². The van der Waals surface area contributed by atoms with Gasteiger partial charge in [-0.05, 0) is 30.8 Å². The maximum Gasteiger partial charge on any atom is 0.330 e. The molecule has 0 saturated carbocycles. The molecule has 0 radical (unpaired) electrons. The molecule has 1 saturated heterocycles. The number of carbonyl (C=O) groups excluding carboxylic acids is 3. The number of amides is 2. The first kappa shape index (κ1) is 29.5. The molecule has 36 heavy (non-hydrogen) atoms. The maximum absolute atomic E-state index is 13.6. The summed E-state index contributed by atoms with van der Waals surface area (Å²) in [5.41, 5.74) is -2.08. The molecule has 0 aromatic carbocycles. The number of esters is 1. The third-order valence-corrected chi connectivity index (χ3v) is 6.43. The first-order chi connectivity index (χ1) is 17.0. The lowest BCUT2D eigenvalue weighted by atomic mass is 10.0. The molecule has 5 atom stereocenters. The smallest absolute Gasteiger partial charge is 0.330 e. The van der Waals surface area contributed by atoms with Crippen LogP contribution in [0.5, 0.6) is 0 Å². The van der Waals surface area contributed by atoms with Crippen LogP contribution in [0.2, 0.25) is 0 Å². The Morgan fingerprint density at radius 3 is 2.75 bits per heavy atom. The number of nitrogens with zero attached hydrogens (tertiary/aromatic N) is 2. The summed E-state index contributed by atoms with van der Waals surface area (Å²) in [6.07, 6.45) is 0.349. The Labute approximate surface area is 211 Å². The van der Waals surface area contributed by atoms with Gasteiger partial charge in [0.05, 0.1) is 12.3 Å². The van der Waals surface area contributed by atoms with E-state index in [0.29, 0.717) is 31.2 Å². The molecule has 12 nitrogen and oxygen atoms in total. The minimum Gasteiger partial charge on any atom is -0.461 e. The fraction of sp³-hybridized carbons (Fsp3) is 0.682. The van der Waals surface area contributed by atoms with Crippen LogP contribution in [-0.4, -0.2) is 87.8 Å². The van der Waals surface area contributed by atoms with Crippen LogP contribution in [-0.2, 0) is 23.9 Å². The molecule has 202 valence electrons. The van der Waals surface area contributed by atoms with Crippen molar-refractivity contribution in [3.05, 3.63) is 32.9 Å². The van der Waals surface area contributed by atoms with Crippen LogP contribution in [0.3, 0.4) is 0 Å². The van der Waals surface area contributed by atoms with Gasteiger partial charge in [0, 0.05) is 13.5 Å². The van der Waals surface area contributed by atoms with Crippen LogP contribution in [0.25, 0.3) is 0 Å². The Balaban J connectivity index is 2.08. The second-order valence-corrected chi connectivity index (χ2v) is 9.90. The lowest BCUT2D eigenvalue weighted by Gasteiger charge is -2.31. The number of ether oxygens (including phenoxy) is 2. The molecular weight excluding hydrogens is 499 g/mol. The highest BCUT2D eigenvalue weighted by Gasteiger charge is 2.38. The normalized spacial score (nSPS) is 21.1. The zero-order valence-electron chi connectivity index (χ0n) is 20.6. The summed E-state index contributed by atoms with van der Waals surface area (Å²) in [5, 5.41) is 12.8. The van der Waals surface area contributed by atoms with E-state index in [1.54, 1.807) is 0 Å². The molecule has 14 heteroatoms. The van der Waals surface area contributed by atoms with E-state index in [1.807, 2.05) is 25.1 Å². The molecule has 0 aliphatic carbocycles. The average molecular weight is 533 g/mol. The molecule has 2 amide bonds. The molecule has 0 spiro atoms. The summed E-state index contributed by atoms with van der Waals surface area (Å²) in [5.74, 6) is -1.69. The van der Waals surface area contributed by atoms with Crippen molar-refractivity contribution in [2.75, 3.05) is 25.7 Å². The monoisotopic (exact) mass is 532 g/mol. The molecule has 1 aromatic heterocycles. The van der Waals surface area contributed by atoms with E-state index in [0.717, 1.165) is 4.57 Å². The third-order valence-electron chi connectivity index (χ3n) is 5.79. The predicted octanol–water partition coefficient (Wildman–Crippen LogP) is -0.392. The van der Waals surface area contributed by atoms with E-state index in [4.69, 9.17) is 9.47 Å². The molecule has 2 rings (SSSR count). The van der Waals surface area contributed by atoms with Crippen molar-refractivity contribution < 1.29 is 33.4 Å². The van der Waals surface area contributed by atoms with Gasteiger partial charge >= 0.3 is 11.7 Å². The topological polar surface area (TPSA) is 160 Å². The third kappa shape index (κ3) is 7.64. The summed E-state index contributed by atoms with van der Waals surface area (Å²) in [7, 11) is 1.46. The minimum atomic E-state index is -1.19. The highest BCUT2D eigenvalue weighted by Crippen LogP contribution is 2.28. The quantitative estimate of drug-likeness (QED) is 0.227. The highest BCUT2D eigenvalue weighted by atomic mass is 32.2. The van der Waals surface area contributed by atoms with E-state index < -0.39 is 59.5 Å². The first-order valence-corrected chi connectivity index (χ1v) is 12.9. The number of nitrogens with one attached hydrogen (secondary N) is 2. The van der Waals surface area contributed by atoms with Crippen molar-refractivity contribution >= 4 is 30.0 Å². The number of hydrogen-bond acceptors (Lipinski definition) is 9. The Hall–Kier alpha value is -2.71. The lowest BCUT2D eigenvalue weighted by Crippen LogP contribution is -2.52. The fourth-order valence-electron chi connectivity index (χ4n) is 3.83. The van der Waals surface area contributed by atoms with Gasteiger partial charge in [-0.25, -0.2) is 9.59 Å². The van der Waals surface area contributed by atoms with E-state index >= 15 is 0 Å². The van der Waals surface area contributed by atoms with Crippen LogP contribution in [0.4, 0.5) is 4.39 Å². The van der Waals surface area contributed by atoms with Gasteiger partial charge in [0.2, 0.25) is 18.1 Å². The molecule has 3 N–H and O–H groups in total. The molecule has 0 bridgehead atoms. The molecule has 1 aliphatic rings. The number of aliphatic hydroxyl groups is 1. The summed E-state index contributed by atoms with van der Waals surface area (Å²) >= 11 is 1.52. The highest BCUT2D eigenvalue weighted by molar-refractivity contribution is 7.98. The number of aromatic nitrogens is 2.